The van der Waals surface area contributed by atoms with Gasteiger partial charge in [-0.15, -0.1) is 0 Å². The van der Waals surface area contributed by atoms with E-state index in [1.807, 2.05) is 0 Å². The lowest BCUT2D eigenvalue weighted by Gasteiger charge is -2.39. The molecule has 0 unspecified atom stereocenters. The van der Waals surface area contributed by atoms with Crippen molar-refractivity contribution in [2.75, 3.05) is 26.2 Å². The zero-order valence-electron chi connectivity index (χ0n) is 21.2. The summed E-state index contributed by atoms with van der Waals surface area (Å²) in [6.07, 6.45) is 27.3. The molecule has 2 heteroatoms. The quantitative estimate of drug-likeness (QED) is 0.121. The summed E-state index contributed by atoms with van der Waals surface area (Å²) in [6.45, 7) is 15.2. The molecule has 0 aromatic carbocycles. The van der Waals surface area contributed by atoms with Gasteiger partial charge >= 0.3 is 0 Å². The summed E-state index contributed by atoms with van der Waals surface area (Å²) < 4.78 is 1.45. The highest BCUT2D eigenvalue weighted by Gasteiger charge is 2.25. The lowest BCUT2D eigenvalue weighted by Crippen LogP contribution is -2.50. The maximum atomic E-state index is 2.41. The van der Waals surface area contributed by atoms with E-state index in [-0.39, 0.29) is 5.48 Å². The Morgan fingerprint density at radius 1 is 0.310 bits per heavy atom. The predicted octanol–water partition coefficient (Wildman–Crippen LogP) is 9.12. The highest BCUT2D eigenvalue weighted by Crippen LogP contribution is 2.19. The molecule has 0 saturated carbocycles. The first-order valence-corrected chi connectivity index (χ1v) is 13.6. The van der Waals surface area contributed by atoms with Crippen molar-refractivity contribution in [3.63, 3.8) is 0 Å². The molecule has 0 fully saturated rings. The molecule has 0 radical (unpaired) electrons. The van der Waals surface area contributed by atoms with Gasteiger partial charge in [-0.1, -0.05) is 105 Å². The van der Waals surface area contributed by atoms with Gasteiger partial charge in [0, 0.05) is 0 Å². The van der Waals surface area contributed by atoms with Gasteiger partial charge in [0.05, 0.1) is 26.2 Å². The van der Waals surface area contributed by atoms with Crippen molar-refractivity contribution in [3.8, 4) is 0 Å². The zero-order valence-corrected chi connectivity index (χ0v) is 21.2. The third-order valence-electron chi connectivity index (χ3n) is 6.66. The van der Waals surface area contributed by atoms with Gasteiger partial charge in [0.1, 0.15) is 0 Å². The molecule has 178 valence electrons. The molecule has 0 aliphatic heterocycles. The molecule has 0 rings (SSSR count). The van der Waals surface area contributed by atoms with E-state index in [1.54, 1.807) is 0 Å². The van der Waals surface area contributed by atoms with Crippen LogP contribution in [0.15, 0.2) is 0 Å². The van der Waals surface area contributed by atoms with E-state index in [4.69, 9.17) is 0 Å². The highest BCUT2D eigenvalue weighted by atomic mass is 16.0. The minimum atomic E-state index is 0. The molecule has 0 amide bonds. The molecule has 0 aromatic rings. The Labute approximate surface area is 186 Å². The summed E-state index contributed by atoms with van der Waals surface area (Å²) in [4.78, 5) is 0. The monoisotopic (exact) mass is 413 g/mol. The SMILES string of the molecule is CCCCCCCC[N+](CCC)(CCCCCCCC)CCCCCCCC.[OH-]. The molecule has 0 bridgehead atoms. The summed E-state index contributed by atoms with van der Waals surface area (Å²) in [7, 11) is 0. The molecular formula is C27H59NO. The van der Waals surface area contributed by atoms with Crippen LogP contribution in [0.1, 0.15) is 150 Å². The Kier molecular flexibility index (Phi) is 26.0. The maximum absolute atomic E-state index is 2.41. The molecular weight excluding hydrogens is 354 g/mol. The summed E-state index contributed by atoms with van der Waals surface area (Å²) in [5.74, 6) is 0. The average molecular weight is 414 g/mol. The van der Waals surface area contributed by atoms with Crippen LogP contribution < -0.4 is 0 Å². The fraction of sp³-hybridized carbons (Fsp3) is 1.00. The third kappa shape index (κ3) is 19.6. The van der Waals surface area contributed by atoms with E-state index in [0.717, 1.165) is 0 Å². The minimum absolute atomic E-state index is 0. The van der Waals surface area contributed by atoms with Crippen LogP contribution in [-0.4, -0.2) is 36.1 Å². The van der Waals surface area contributed by atoms with Crippen molar-refractivity contribution < 1.29 is 9.96 Å². The molecule has 0 aromatic heterocycles. The molecule has 0 aliphatic carbocycles. The molecule has 0 atom stereocenters. The minimum Gasteiger partial charge on any atom is -0.870 e. The van der Waals surface area contributed by atoms with E-state index in [0.29, 0.717) is 0 Å². The fourth-order valence-electron chi connectivity index (χ4n) is 4.83. The molecule has 0 aliphatic rings. The standard InChI is InChI=1S/C27H58N.H2O/c1-5-9-12-15-18-21-25-28(24-8-4,26-22-19-16-13-10-6-2)27-23-20-17-14-11-7-3;/h5-27H2,1-4H3;1H2/q+1;/p-1. The summed E-state index contributed by atoms with van der Waals surface area (Å²) in [5, 5.41) is 0. The number of quaternary nitrogens is 1. The van der Waals surface area contributed by atoms with Gasteiger partial charge in [0.25, 0.3) is 0 Å². The van der Waals surface area contributed by atoms with Crippen molar-refractivity contribution >= 4 is 0 Å². The Hall–Kier alpha value is -0.0800. The number of nitrogens with zero attached hydrogens (tertiary/aromatic N) is 1. The number of hydrogen-bond acceptors (Lipinski definition) is 1. The largest absolute Gasteiger partial charge is 0.870 e. The maximum Gasteiger partial charge on any atom is 0.0786 e. The first kappa shape index (κ1) is 31.1. The van der Waals surface area contributed by atoms with E-state index in [2.05, 4.69) is 27.7 Å². The Morgan fingerprint density at radius 2 is 0.586 bits per heavy atom. The van der Waals surface area contributed by atoms with Gasteiger partial charge in [-0.25, -0.2) is 0 Å². The average Bonchev–Trinajstić information content (AvgIpc) is 2.70. The third-order valence-corrected chi connectivity index (χ3v) is 6.66. The van der Waals surface area contributed by atoms with E-state index in [1.165, 1.54) is 153 Å². The molecule has 1 N–H and O–H groups in total. The van der Waals surface area contributed by atoms with Crippen molar-refractivity contribution in [1.29, 1.82) is 0 Å². The first-order chi connectivity index (χ1) is 13.7. The lowest BCUT2D eigenvalue weighted by molar-refractivity contribution is -0.929. The van der Waals surface area contributed by atoms with Gasteiger partial charge in [-0.3, -0.25) is 0 Å². The van der Waals surface area contributed by atoms with Crippen molar-refractivity contribution in [3.05, 3.63) is 0 Å². The Morgan fingerprint density at radius 3 is 0.862 bits per heavy atom. The van der Waals surface area contributed by atoms with Gasteiger partial charge in [0.2, 0.25) is 0 Å². The number of unbranched alkanes of at least 4 members (excludes halogenated alkanes) is 15. The molecule has 0 heterocycles. The fourth-order valence-corrected chi connectivity index (χ4v) is 4.83. The van der Waals surface area contributed by atoms with Gasteiger partial charge in [-0.05, 0) is 44.9 Å². The van der Waals surface area contributed by atoms with Crippen LogP contribution in [-0.2, 0) is 0 Å². The van der Waals surface area contributed by atoms with Crippen LogP contribution in [0.4, 0.5) is 0 Å². The number of rotatable bonds is 23. The van der Waals surface area contributed by atoms with E-state index >= 15 is 0 Å². The summed E-state index contributed by atoms with van der Waals surface area (Å²) in [6, 6.07) is 0. The normalized spacial score (nSPS) is 11.6. The number of hydrogen-bond donors (Lipinski definition) is 0. The van der Waals surface area contributed by atoms with Gasteiger partial charge in [0.15, 0.2) is 0 Å². The second-order valence-electron chi connectivity index (χ2n) is 9.54. The Balaban J connectivity index is 0. The van der Waals surface area contributed by atoms with Gasteiger partial charge < -0.3 is 9.96 Å². The van der Waals surface area contributed by atoms with Crippen molar-refractivity contribution in [2.45, 2.75) is 150 Å². The van der Waals surface area contributed by atoms with E-state index in [9.17, 15) is 0 Å². The lowest BCUT2D eigenvalue weighted by atomic mass is 10.1. The second kappa shape index (κ2) is 24.2. The molecule has 29 heavy (non-hydrogen) atoms. The highest BCUT2D eigenvalue weighted by molar-refractivity contribution is 4.53. The summed E-state index contributed by atoms with van der Waals surface area (Å²) >= 11 is 0. The molecule has 0 spiro atoms. The van der Waals surface area contributed by atoms with Crippen molar-refractivity contribution in [1.82, 2.24) is 0 Å². The van der Waals surface area contributed by atoms with Crippen LogP contribution in [0.3, 0.4) is 0 Å². The van der Waals surface area contributed by atoms with Crippen LogP contribution in [0, 0.1) is 0 Å². The smallest absolute Gasteiger partial charge is 0.0786 e. The topological polar surface area (TPSA) is 30.0 Å². The second-order valence-corrected chi connectivity index (χ2v) is 9.54. The summed E-state index contributed by atoms with van der Waals surface area (Å²) in [5.41, 5.74) is 0. The van der Waals surface area contributed by atoms with Crippen LogP contribution >= 0.6 is 0 Å². The van der Waals surface area contributed by atoms with Crippen molar-refractivity contribution in [2.24, 2.45) is 0 Å². The Bertz CT molecular complexity index is 251. The van der Waals surface area contributed by atoms with Crippen LogP contribution in [0.5, 0.6) is 0 Å². The molecule has 2 nitrogen and oxygen atoms in total. The first-order valence-electron chi connectivity index (χ1n) is 13.6. The van der Waals surface area contributed by atoms with Gasteiger partial charge in [-0.2, -0.15) is 0 Å². The van der Waals surface area contributed by atoms with Crippen LogP contribution in [0.25, 0.3) is 0 Å². The predicted molar refractivity (Wildman–Crippen MR) is 132 cm³/mol. The molecule has 0 saturated heterocycles. The zero-order chi connectivity index (χ0) is 20.8. The van der Waals surface area contributed by atoms with Crippen LogP contribution in [0.2, 0.25) is 0 Å². The van der Waals surface area contributed by atoms with E-state index < -0.39 is 0 Å².